The smallest absolute Gasteiger partial charge is 0.339 e. The first-order valence-corrected chi connectivity index (χ1v) is 4.56. The van der Waals surface area contributed by atoms with Gasteiger partial charge in [-0.3, -0.25) is 14.4 Å². The quantitative estimate of drug-likeness (QED) is 0.731. The molecule has 1 heterocycles. The number of nitrogens with one attached hydrogen (secondary N) is 1. The van der Waals surface area contributed by atoms with E-state index in [9.17, 15) is 22.8 Å². The highest BCUT2D eigenvalue weighted by Crippen LogP contribution is 2.15. The molecule has 0 spiro atoms. The molecule has 1 fully saturated rings. The summed E-state index contributed by atoms with van der Waals surface area (Å²) < 4.78 is 35.4. The van der Waals surface area contributed by atoms with Crippen LogP contribution in [0.1, 0.15) is 6.42 Å². The molecule has 1 rings (SSSR count). The Bertz CT molecular complexity index is 363. The van der Waals surface area contributed by atoms with Gasteiger partial charge in [0.2, 0.25) is 0 Å². The molecule has 1 saturated heterocycles. The normalized spacial score (nSPS) is 19.9. The van der Waals surface area contributed by atoms with Gasteiger partial charge in [-0.2, -0.15) is 18.4 Å². The Morgan fingerprint density at radius 2 is 2.18 bits per heavy atom. The molecule has 0 bridgehead atoms. The summed E-state index contributed by atoms with van der Waals surface area (Å²) in [4.78, 5) is 26.5. The molecule has 0 aliphatic carbocycles. The molecule has 1 aliphatic rings. The molecular weight excluding hydrogens is 243 g/mol. The lowest BCUT2D eigenvalue weighted by Crippen LogP contribution is -2.45. The minimum absolute atomic E-state index is 0.136. The summed E-state index contributed by atoms with van der Waals surface area (Å²) in [5.74, 6) is -3.11. The standard InChI is InChI=1S/C8H8F3N3O3/c9-8(10,11)7(16)13-4-6(15)14-5(3-12)1-2-17-14/h5H,1-2,4H2,(H,13,16). The molecule has 6 nitrogen and oxygen atoms in total. The zero-order chi connectivity index (χ0) is 13.1. The molecule has 0 aromatic carbocycles. The summed E-state index contributed by atoms with van der Waals surface area (Å²) in [6.07, 6.45) is -4.75. The van der Waals surface area contributed by atoms with Crippen molar-refractivity contribution in [3.8, 4) is 6.07 Å². The average Bonchev–Trinajstić information content (AvgIpc) is 2.71. The number of nitriles is 1. The molecular formula is C8H8F3N3O3. The van der Waals surface area contributed by atoms with Crippen molar-refractivity contribution in [2.24, 2.45) is 0 Å². The third-order valence-corrected chi connectivity index (χ3v) is 1.96. The zero-order valence-electron chi connectivity index (χ0n) is 8.45. The monoisotopic (exact) mass is 251 g/mol. The largest absolute Gasteiger partial charge is 0.471 e. The Kier molecular flexibility index (Phi) is 3.90. The Balaban J connectivity index is 2.46. The summed E-state index contributed by atoms with van der Waals surface area (Å²) in [6, 6.07) is 0.930. The third kappa shape index (κ3) is 3.32. The van der Waals surface area contributed by atoms with Gasteiger partial charge in [0.1, 0.15) is 6.04 Å². The van der Waals surface area contributed by atoms with Crippen molar-refractivity contribution in [3.63, 3.8) is 0 Å². The van der Waals surface area contributed by atoms with Crippen LogP contribution in [0, 0.1) is 11.3 Å². The molecule has 0 radical (unpaired) electrons. The second kappa shape index (κ2) is 5.01. The van der Waals surface area contributed by atoms with Crippen molar-refractivity contribution in [2.45, 2.75) is 18.6 Å². The molecule has 1 unspecified atom stereocenters. The van der Waals surface area contributed by atoms with Crippen molar-refractivity contribution in [1.29, 1.82) is 5.26 Å². The number of nitrogens with zero attached hydrogens (tertiary/aromatic N) is 2. The molecule has 1 aliphatic heterocycles. The van der Waals surface area contributed by atoms with Crippen LogP contribution in [0.25, 0.3) is 0 Å². The van der Waals surface area contributed by atoms with E-state index < -0.39 is 30.6 Å². The van der Waals surface area contributed by atoms with Crippen molar-refractivity contribution in [1.82, 2.24) is 10.4 Å². The number of hydroxylamine groups is 2. The Hall–Kier alpha value is -1.82. The first kappa shape index (κ1) is 13.2. The van der Waals surface area contributed by atoms with Gasteiger partial charge in [0.25, 0.3) is 5.91 Å². The van der Waals surface area contributed by atoms with E-state index in [2.05, 4.69) is 0 Å². The van der Waals surface area contributed by atoms with E-state index in [1.54, 1.807) is 6.07 Å². The number of carbonyl (C=O) groups excluding carboxylic acids is 2. The van der Waals surface area contributed by atoms with Gasteiger partial charge >= 0.3 is 12.1 Å². The van der Waals surface area contributed by atoms with Gasteiger partial charge in [0.15, 0.2) is 0 Å². The highest BCUT2D eigenvalue weighted by atomic mass is 19.4. The van der Waals surface area contributed by atoms with Crippen molar-refractivity contribution in [2.75, 3.05) is 13.2 Å². The van der Waals surface area contributed by atoms with Crippen LogP contribution in [-0.4, -0.2) is 42.2 Å². The van der Waals surface area contributed by atoms with Crippen LogP contribution in [0.2, 0.25) is 0 Å². The third-order valence-electron chi connectivity index (χ3n) is 1.96. The van der Waals surface area contributed by atoms with Crippen LogP contribution in [0.5, 0.6) is 0 Å². The molecule has 94 valence electrons. The summed E-state index contributed by atoms with van der Waals surface area (Å²) in [5.41, 5.74) is 0. The molecule has 9 heteroatoms. The van der Waals surface area contributed by atoms with Gasteiger partial charge in [-0.25, -0.2) is 5.06 Å². The maximum absolute atomic E-state index is 11.8. The number of amides is 2. The highest BCUT2D eigenvalue weighted by Gasteiger charge is 2.39. The van der Waals surface area contributed by atoms with Crippen molar-refractivity contribution < 1.29 is 27.6 Å². The van der Waals surface area contributed by atoms with Crippen LogP contribution in [0.3, 0.4) is 0 Å². The lowest BCUT2D eigenvalue weighted by molar-refractivity contribution is -0.178. The van der Waals surface area contributed by atoms with E-state index >= 15 is 0 Å². The zero-order valence-corrected chi connectivity index (χ0v) is 8.45. The fraction of sp³-hybridized carbons (Fsp3) is 0.625. The Morgan fingerprint density at radius 3 is 2.71 bits per heavy atom. The second-order valence-electron chi connectivity index (χ2n) is 3.17. The Morgan fingerprint density at radius 1 is 1.53 bits per heavy atom. The summed E-state index contributed by atoms with van der Waals surface area (Å²) in [7, 11) is 0. The van der Waals surface area contributed by atoms with E-state index in [4.69, 9.17) is 10.1 Å². The second-order valence-corrected chi connectivity index (χ2v) is 3.17. The van der Waals surface area contributed by atoms with E-state index in [0.29, 0.717) is 5.06 Å². The predicted octanol–water partition coefficient (Wildman–Crippen LogP) is -0.279. The number of alkyl halides is 3. The van der Waals surface area contributed by atoms with Crippen LogP contribution >= 0.6 is 0 Å². The van der Waals surface area contributed by atoms with Crippen LogP contribution in [0.4, 0.5) is 13.2 Å². The van der Waals surface area contributed by atoms with Gasteiger partial charge < -0.3 is 5.32 Å². The highest BCUT2D eigenvalue weighted by molar-refractivity contribution is 5.87. The van der Waals surface area contributed by atoms with Crippen molar-refractivity contribution >= 4 is 11.8 Å². The Labute approximate surface area is 93.9 Å². The number of hydrogen-bond donors (Lipinski definition) is 1. The topological polar surface area (TPSA) is 82.4 Å². The van der Waals surface area contributed by atoms with Crippen LogP contribution < -0.4 is 5.32 Å². The minimum atomic E-state index is -5.04. The molecule has 1 atom stereocenters. The van der Waals surface area contributed by atoms with E-state index in [0.717, 1.165) is 0 Å². The number of carbonyl (C=O) groups is 2. The lowest BCUT2D eigenvalue weighted by atomic mass is 10.2. The number of halogens is 3. The van der Waals surface area contributed by atoms with Crippen LogP contribution in [0.15, 0.2) is 0 Å². The molecule has 0 saturated carbocycles. The maximum atomic E-state index is 11.8. The van der Waals surface area contributed by atoms with Gasteiger partial charge in [-0.15, -0.1) is 0 Å². The minimum Gasteiger partial charge on any atom is -0.339 e. The number of rotatable bonds is 2. The first-order chi connectivity index (χ1) is 7.86. The lowest BCUT2D eigenvalue weighted by Gasteiger charge is -2.17. The van der Waals surface area contributed by atoms with Gasteiger partial charge in [0.05, 0.1) is 19.2 Å². The van der Waals surface area contributed by atoms with E-state index in [-0.39, 0.29) is 13.0 Å². The van der Waals surface area contributed by atoms with Gasteiger partial charge in [-0.1, -0.05) is 0 Å². The molecule has 1 N–H and O–H groups in total. The summed E-state index contributed by atoms with van der Waals surface area (Å²) in [6.45, 7) is -0.728. The first-order valence-electron chi connectivity index (χ1n) is 4.56. The van der Waals surface area contributed by atoms with Crippen LogP contribution in [-0.2, 0) is 14.4 Å². The van der Waals surface area contributed by atoms with E-state index in [1.165, 1.54) is 5.32 Å². The molecule has 0 aromatic rings. The molecule has 17 heavy (non-hydrogen) atoms. The van der Waals surface area contributed by atoms with Gasteiger partial charge in [-0.05, 0) is 0 Å². The molecule has 0 aromatic heterocycles. The molecule has 2 amide bonds. The van der Waals surface area contributed by atoms with Gasteiger partial charge in [0, 0.05) is 6.42 Å². The fourth-order valence-electron chi connectivity index (χ4n) is 1.17. The average molecular weight is 251 g/mol. The van der Waals surface area contributed by atoms with E-state index in [1.807, 2.05) is 0 Å². The summed E-state index contributed by atoms with van der Waals surface area (Å²) >= 11 is 0. The number of hydrogen-bond acceptors (Lipinski definition) is 4. The summed E-state index contributed by atoms with van der Waals surface area (Å²) in [5, 5.41) is 10.7. The SMILES string of the molecule is N#CC1CCON1C(=O)CNC(=O)C(F)(F)F. The fourth-order valence-corrected chi connectivity index (χ4v) is 1.17. The van der Waals surface area contributed by atoms with Crippen molar-refractivity contribution in [3.05, 3.63) is 0 Å². The predicted molar refractivity (Wildman–Crippen MR) is 45.9 cm³/mol. The maximum Gasteiger partial charge on any atom is 0.471 e.